The molecule has 0 spiro atoms. The van der Waals surface area contributed by atoms with Crippen molar-refractivity contribution in [3.05, 3.63) is 69.2 Å². The molecule has 0 saturated heterocycles. The molecule has 0 aliphatic carbocycles. The van der Waals surface area contributed by atoms with Gasteiger partial charge in [0.1, 0.15) is 0 Å². The molecular weight excluding hydrogens is 315 g/mol. The number of rotatable bonds is 5. The molecule has 1 unspecified atom stereocenters. The van der Waals surface area contributed by atoms with Crippen LogP contribution >= 0.6 is 23.2 Å². The van der Waals surface area contributed by atoms with Gasteiger partial charge in [-0.2, -0.15) is 0 Å². The van der Waals surface area contributed by atoms with Crippen molar-refractivity contribution in [3.63, 3.8) is 0 Å². The molecule has 0 amide bonds. The Balaban J connectivity index is 2.10. The number of hydrogen-bond acceptors (Lipinski definition) is 1. The van der Waals surface area contributed by atoms with E-state index in [0.717, 1.165) is 18.1 Å². The Hall–Kier alpha value is -1.16. The van der Waals surface area contributed by atoms with Gasteiger partial charge in [0.25, 0.3) is 0 Å². The molecule has 1 nitrogen and oxygen atoms in total. The van der Waals surface area contributed by atoms with Crippen molar-refractivity contribution in [2.24, 2.45) is 0 Å². The lowest BCUT2D eigenvalue weighted by Gasteiger charge is -2.19. The summed E-state index contributed by atoms with van der Waals surface area (Å²) >= 11 is 12.1. The molecule has 0 aromatic heterocycles. The van der Waals surface area contributed by atoms with E-state index in [1.807, 2.05) is 13.0 Å². The lowest BCUT2D eigenvalue weighted by atomic mass is 10.0. The Kier molecular flexibility index (Phi) is 5.57. The van der Waals surface area contributed by atoms with E-state index in [4.69, 9.17) is 23.2 Å². The van der Waals surface area contributed by atoms with Crippen molar-refractivity contribution < 1.29 is 8.78 Å². The number of hydrogen-bond donors (Lipinski definition) is 1. The molecule has 0 saturated carbocycles. The van der Waals surface area contributed by atoms with Gasteiger partial charge >= 0.3 is 0 Å². The maximum atomic E-state index is 13.2. The maximum Gasteiger partial charge on any atom is 0.159 e. The van der Waals surface area contributed by atoms with Crippen LogP contribution in [0.15, 0.2) is 36.4 Å². The molecule has 0 aliphatic rings. The van der Waals surface area contributed by atoms with E-state index in [1.54, 1.807) is 18.2 Å². The molecule has 0 fully saturated rings. The minimum Gasteiger partial charge on any atom is -0.306 e. The van der Waals surface area contributed by atoms with Gasteiger partial charge in [0.05, 0.1) is 0 Å². The third-order valence-electron chi connectivity index (χ3n) is 3.28. The predicted octanol–water partition coefficient (Wildman–Crippen LogP) is 5.51. The van der Waals surface area contributed by atoms with Crippen molar-refractivity contribution in [2.45, 2.75) is 25.9 Å². The van der Waals surface area contributed by atoms with Crippen LogP contribution in [0.25, 0.3) is 0 Å². The van der Waals surface area contributed by atoms with Crippen molar-refractivity contribution in [1.29, 1.82) is 0 Å². The fraction of sp³-hybridized carbons (Fsp3) is 0.250. The topological polar surface area (TPSA) is 12.0 Å². The van der Waals surface area contributed by atoms with Crippen LogP contribution in [0.5, 0.6) is 0 Å². The molecule has 1 atom stereocenters. The van der Waals surface area contributed by atoms with E-state index >= 15 is 0 Å². The van der Waals surface area contributed by atoms with E-state index in [1.165, 1.54) is 6.07 Å². The minimum absolute atomic E-state index is 0.0166. The van der Waals surface area contributed by atoms with E-state index < -0.39 is 11.6 Å². The van der Waals surface area contributed by atoms with Gasteiger partial charge in [0.15, 0.2) is 11.6 Å². The van der Waals surface area contributed by atoms with Crippen molar-refractivity contribution in [3.8, 4) is 0 Å². The molecule has 0 radical (unpaired) electrons. The second kappa shape index (κ2) is 7.21. The summed E-state index contributed by atoms with van der Waals surface area (Å²) in [4.78, 5) is 0. The first-order valence-electron chi connectivity index (χ1n) is 6.63. The Morgan fingerprint density at radius 2 is 1.81 bits per heavy atom. The van der Waals surface area contributed by atoms with Gasteiger partial charge in [0.2, 0.25) is 0 Å². The predicted molar refractivity (Wildman–Crippen MR) is 82.7 cm³/mol. The third-order valence-corrected chi connectivity index (χ3v) is 3.85. The van der Waals surface area contributed by atoms with Crippen LogP contribution < -0.4 is 5.32 Å². The maximum absolute atomic E-state index is 13.2. The van der Waals surface area contributed by atoms with Crippen molar-refractivity contribution >= 4 is 23.2 Å². The van der Waals surface area contributed by atoms with Crippen LogP contribution in [0, 0.1) is 11.6 Å². The third kappa shape index (κ3) is 4.16. The molecule has 0 bridgehead atoms. The fourth-order valence-corrected chi connectivity index (χ4v) is 2.69. The molecule has 2 aromatic rings. The van der Waals surface area contributed by atoms with Gasteiger partial charge in [-0.25, -0.2) is 8.78 Å². The smallest absolute Gasteiger partial charge is 0.159 e. The van der Waals surface area contributed by atoms with Crippen LogP contribution in [0.2, 0.25) is 10.0 Å². The van der Waals surface area contributed by atoms with E-state index in [-0.39, 0.29) is 6.04 Å². The van der Waals surface area contributed by atoms with Crippen molar-refractivity contribution in [1.82, 2.24) is 5.32 Å². The zero-order valence-corrected chi connectivity index (χ0v) is 13.0. The van der Waals surface area contributed by atoms with Crippen LogP contribution in [-0.2, 0) is 6.54 Å². The first-order chi connectivity index (χ1) is 10.0. The summed E-state index contributed by atoms with van der Waals surface area (Å²) in [6.07, 6.45) is 0.811. The van der Waals surface area contributed by atoms with E-state index in [9.17, 15) is 8.78 Å². The summed E-state index contributed by atoms with van der Waals surface area (Å²) in [5, 5.41) is 4.46. The van der Waals surface area contributed by atoms with E-state index in [0.29, 0.717) is 22.2 Å². The Morgan fingerprint density at radius 3 is 2.43 bits per heavy atom. The summed E-state index contributed by atoms with van der Waals surface area (Å²) in [5.74, 6) is -1.68. The van der Waals surface area contributed by atoms with E-state index in [2.05, 4.69) is 5.32 Å². The molecule has 21 heavy (non-hydrogen) atoms. The van der Waals surface area contributed by atoms with Crippen LogP contribution in [-0.4, -0.2) is 0 Å². The molecule has 0 heterocycles. The molecule has 5 heteroatoms. The number of benzene rings is 2. The Labute approximate surface area is 132 Å². The zero-order chi connectivity index (χ0) is 15.4. The highest BCUT2D eigenvalue weighted by atomic mass is 35.5. The quantitative estimate of drug-likeness (QED) is 0.762. The van der Waals surface area contributed by atoms with Gasteiger partial charge < -0.3 is 5.32 Å². The van der Waals surface area contributed by atoms with Crippen LogP contribution in [0.1, 0.15) is 30.5 Å². The Bertz CT molecular complexity index is 632. The first-order valence-corrected chi connectivity index (χ1v) is 7.39. The lowest BCUT2D eigenvalue weighted by molar-refractivity contribution is 0.497. The SMILES string of the molecule is CCC(NCc1ccc(F)c(F)c1)c1ccc(Cl)cc1Cl. The van der Waals surface area contributed by atoms with Gasteiger partial charge in [-0.05, 0) is 41.8 Å². The van der Waals surface area contributed by atoms with Gasteiger partial charge in [-0.3, -0.25) is 0 Å². The van der Waals surface area contributed by atoms with Gasteiger partial charge in [0, 0.05) is 22.6 Å². The Morgan fingerprint density at radius 1 is 1.05 bits per heavy atom. The first kappa shape index (κ1) is 16.2. The number of nitrogens with one attached hydrogen (secondary N) is 1. The normalized spacial score (nSPS) is 12.4. The highest BCUT2D eigenvalue weighted by molar-refractivity contribution is 6.35. The minimum atomic E-state index is -0.841. The molecule has 0 aliphatic heterocycles. The number of halogens is 4. The van der Waals surface area contributed by atoms with Gasteiger partial charge in [-0.1, -0.05) is 42.3 Å². The summed E-state index contributed by atoms with van der Waals surface area (Å²) in [6.45, 7) is 2.45. The zero-order valence-electron chi connectivity index (χ0n) is 11.5. The highest BCUT2D eigenvalue weighted by Crippen LogP contribution is 2.28. The summed E-state index contributed by atoms with van der Waals surface area (Å²) in [5.41, 5.74) is 1.61. The second-order valence-electron chi connectivity index (χ2n) is 4.76. The van der Waals surface area contributed by atoms with Crippen molar-refractivity contribution in [2.75, 3.05) is 0 Å². The summed E-state index contributed by atoms with van der Waals surface area (Å²) < 4.78 is 26.1. The molecular formula is C16H15Cl2F2N. The molecule has 112 valence electrons. The second-order valence-corrected chi connectivity index (χ2v) is 5.60. The summed E-state index contributed by atoms with van der Waals surface area (Å²) in [6, 6.07) is 9.24. The molecule has 2 aromatic carbocycles. The monoisotopic (exact) mass is 329 g/mol. The summed E-state index contributed by atoms with van der Waals surface area (Å²) in [7, 11) is 0. The standard InChI is InChI=1S/C16H15Cl2F2N/c1-2-16(12-5-4-11(17)8-13(12)18)21-9-10-3-6-14(19)15(20)7-10/h3-8,16,21H,2,9H2,1H3. The largest absolute Gasteiger partial charge is 0.306 e. The average molecular weight is 330 g/mol. The van der Waals surface area contributed by atoms with Crippen LogP contribution in [0.3, 0.4) is 0 Å². The van der Waals surface area contributed by atoms with Gasteiger partial charge in [-0.15, -0.1) is 0 Å². The average Bonchev–Trinajstić information content (AvgIpc) is 2.45. The van der Waals surface area contributed by atoms with Crippen LogP contribution in [0.4, 0.5) is 8.78 Å². The molecule has 1 N–H and O–H groups in total. The highest BCUT2D eigenvalue weighted by Gasteiger charge is 2.13. The lowest BCUT2D eigenvalue weighted by Crippen LogP contribution is -2.20. The molecule has 2 rings (SSSR count). The fourth-order valence-electron chi connectivity index (χ4n) is 2.15.